The highest BCUT2D eigenvalue weighted by Crippen LogP contribution is 2.32. The van der Waals surface area contributed by atoms with Crippen LogP contribution in [0.2, 0.25) is 0 Å². The second kappa shape index (κ2) is 7.64. The van der Waals surface area contributed by atoms with Crippen LogP contribution in [0.15, 0.2) is 41.3 Å². The molecule has 152 valence electrons. The predicted octanol–water partition coefficient (Wildman–Crippen LogP) is 1.75. The molecule has 2 aliphatic rings. The molecule has 2 N–H and O–H groups in total. The molecule has 0 fully saturated rings. The summed E-state index contributed by atoms with van der Waals surface area (Å²) in [6.07, 6.45) is 0. The molecule has 0 aliphatic carbocycles. The van der Waals surface area contributed by atoms with E-state index in [-0.39, 0.29) is 22.6 Å². The molecule has 10 heteroatoms. The van der Waals surface area contributed by atoms with Gasteiger partial charge in [0.15, 0.2) is 6.61 Å². The maximum absolute atomic E-state index is 12.2. The number of benzene rings is 2. The van der Waals surface area contributed by atoms with E-state index < -0.39 is 30.3 Å². The quantitative estimate of drug-likeness (QED) is 0.565. The lowest BCUT2D eigenvalue weighted by atomic mass is 10.1. The number of thioether (sulfide) groups is 1. The third-order valence-electron chi connectivity index (χ3n) is 4.56. The third-order valence-corrected chi connectivity index (χ3v) is 5.63. The number of rotatable bonds is 4. The fourth-order valence-electron chi connectivity index (χ4n) is 3.06. The van der Waals surface area contributed by atoms with Gasteiger partial charge in [-0.3, -0.25) is 24.1 Å². The Morgan fingerprint density at radius 2 is 1.87 bits per heavy atom. The number of esters is 1. The van der Waals surface area contributed by atoms with Crippen LogP contribution in [0, 0.1) is 0 Å². The van der Waals surface area contributed by atoms with Crippen molar-refractivity contribution in [1.29, 1.82) is 0 Å². The van der Waals surface area contributed by atoms with Gasteiger partial charge < -0.3 is 15.4 Å². The molecule has 0 saturated heterocycles. The Bertz CT molecular complexity index is 1130. The van der Waals surface area contributed by atoms with Gasteiger partial charge in [-0.15, -0.1) is 11.8 Å². The Hall–Kier alpha value is -3.66. The van der Waals surface area contributed by atoms with Gasteiger partial charge in [-0.1, -0.05) is 0 Å². The Morgan fingerprint density at radius 1 is 1.10 bits per heavy atom. The van der Waals surface area contributed by atoms with E-state index in [9.17, 15) is 24.0 Å². The number of amides is 4. The third kappa shape index (κ3) is 3.64. The molecule has 30 heavy (non-hydrogen) atoms. The summed E-state index contributed by atoms with van der Waals surface area (Å²) in [5.74, 6) is -2.01. The molecular formula is C20H15N3O6S. The lowest BCUT2D eigenvalue weighted by molar-refractivity contribution is -0.119. The van der Waals surface area contributed by atoms with Crippen molar-refractivity contribution in [3.8, 4) is 0 Å². The van der Waals surface area contributed by atoms with Gasteiger partial charge in [0.1, 0.15) is 0 Å². The molecule has 0 radical (unpaired) electrons. The zero-order valence-electron chi connectivity index (χ0n) is 15.7. The van der Waals surface area contributed by atoms with Gasteiger partial charge in [0.25, 0.3) is 17.7 Å². The zero-order valence-corrected chi connectivity index (χ0v) is 16.5. The molecule has 0 aromatic heterocycles. The topological polar surface area (TPSA) is 122 Å². The first-order valence-electron chi connectivity index (χ1n) is 8.83. The van der Waals surface area contributed by atoms with Gasteiger partial charge in [0.05, 0.1) is 28.1 Å². The molecule has 2 heterocycles. The van der Waals surface area contributed by atoms with Crippen LogP contribution >= 0.6 is 11.8 Å². The van der Waals surface area contributed by atoms with E-state index in [0.717, 1.165) is 9.80 Å². The number of nitrogens with zero attached hydrogens (tertiary/aromatic N) is 1. The number of fused-ring (bicyclic) bond motifs is 2. The van der Waals surface area contributed by atoms with Gasteiger partial charge >= 0.3 is 5.97 Å². The number of carbonyl (C=O) groups is 5. The number of carbonyl (C=O) groups excluding carboxylic acids is 5. The van der Waals surface area contributed by atoms with E-state index in [1.807, 2.05) is 0 Å². The minimum Gasteiger partial charge on any atom is -0.452 e. The molecule has 0 bridgehead atoms. The normalized spacial score (nSPS) is 14.7. The van der Waals surface area contributed by atoms with Crippen molar-refractivity contribution in [3.05, 3.63) is 53.1 Å². The smallest absolute Gasteiger partial charge is 0.338 e. The zero-order chi connectivity index (χ0) is 21.4. The molecule has 0 atom stereocenters. The van der Waals surface area contributed by atoms with Crippen LogP contribution in [0.1, 0.15) is 31.1 Å². The van der Waals surface area contributed by atoms with Crippen molar-refractivity contribution in [2.24, 2.45) is 0 Å². The number of ether oxygens (including phenoxy) is 1. The van der Waals surface area contributed by atoms with Crippen molar-refractivity contribution in [2.45, 2.75) is 4.90 Å². The SMILES string of the molecule is CN1C(=O)c2ccc(NC(=O)COC(=O)c3ccc4c(c3)NC(=O)CS4)cc2C1=O. The van der Waals surface area contributed by atoms with Crippen LogP contribution in [-0.2, 0) is 14.3 Å². The largest absolute Gasteiger partial charge is 0.452 e. The van der Waals surface area contributed by atoms with Crippen LogP contribution in [0.3, 0.4) is 0 Å². The highest BCUT2D eigenvalue weighted by Gasteiger charge is 2.32. The fourth-order valence-corrected chi connectivity index (χ4v) is 3.85. The van der Waals surface area contributed by atoms with Crippen LogP contribution in [0.5, 0.6) is 0 Å². The number of anilines is 2. The molecule has 4 rings (SSSR count). The molecule has 2 aliphatic heterocycles. The van der Waals surface area contributed by atoms with Crippen LogP contribution in [0.4, 0.5) is 11.4 Å². The first kappa shape index (κ1) is 19.6. The minimum absolute atomic E-state index is 0.155. The van der Waals surface area contributed by atoms with Crippen molar-refractivity contribution >= 4 is 52.7 Å². The summed E-state index contributed by atoms with van der Waals surface area (Å²) in [5.41, 5.74) is 1.50. The molecule has 2 aromatic rings. The molecule has 0 unspecified atom stereocenters. The second-order valence-corrected chi connectivity index (χ2v) is 7.62. The van der Waals surface area contributed by atoms with Crippen LogP contribution in [-0.4, -0.2) is 53.9 Å². The highest BCUT2D eigenvalue weighted by molar-refractivity contribution is 8.00. The number of hydrogen-bond acceptors (Lipinski definition) is 7. The van der Waals surface area contributed by atoms with Gasteiger partial charge in [0.2, 0.25) is 5.91 Å². The number of hydrogen-bond donors (Lipinski definition) is 2. The van der Waals surface area contributed by atoms with Gasteiger partial charge in [0, 0.05) is 17.6 Å². The summed E-state index contributed by atoms with van der Waals surface area (Å²) >= 11 is 1.37. The van der Waals surface area contributed by atoms with Crippen molar-refractivity contribution < 1.29 is 28.7 Å². The Morgan fingerprint density at radius 3 is 2.67 bits per heavy atom. The van der Waals surface area contributed by atoms with Crippen LogP contribution in [0.25, 0.3) is 0 Å². The maximum Gasteiger partial charge on any atom is 0.338 e. The van der Waals surface area contributed by atoms with Gasteiger partial charge in [-0.2, -0.15) is 0 Å². The fraction of sp³-hybridized carbons (Fsp3) is 0.150. The first-order valence-corrected chi connectivity index (χ1v) is 9.82. The van der Waals surface area contributed by atoms with E-state index in [2.05, 4.69) is 10.6 Å². The van der Waals surface area contributed by atoms with E-state index in [0.29, 0.717) is 17.1 Å². The van der Waals surface area contributed by atoms with E-state index in [1.165, 1.54) is 43.1 Å². The summed E-state index contributed by atoms with van der Waals surface area (Å²) in [4.78, 5) is 61.6. The maximum atomic E-state index is 12.2. The average molecular weight is 425 g/mol. The molecule has 2 aromatic carbocycles. The van der Waals surface area contributed by atoms with Gasteiger partial charge in [-0.25, -0.2) is 4.79 Å². The second-order valence-electron chi connectivity index (χ2n) is 6.60. The Balaban J connectivity index is 1.37. The van der Waals surface area contributed by atoms with E-state index in [4.69, 9.17) is 4.74 Å². The number of nitrogens with one attached hydrogen (secondary N) is 2. The number of imide groups is 1. The predicted molar refractivity (Wildman–Crippen MR) is 108 cm³/mol. The highest BCUT2D eigenvalue weighted by atomic mass is 32.2. The Labute approximate surface area is 174 Å². The summed E-state index contributed by atoms with van der Waals surface area (Å²) < 4.78 is 5.03. The monoisotopic (exact) mass is 425 g/mol. The standard InChI is InChI=1S/C20H15N3O6S/c1-23-18(26)12-4-3-11(7-13(12)19(23)27)21-16(24)8-29-20(28)10-2-5-15-14(6-10)22-17(25)9-30-15/h2-7H,8-9H2,1H3,(H,21,24)(H,22,25). The molecule has 9 nitrogen and oxygen atoms in total. The molecule has 4 amide bonds. The van der Waals surface area contributed by atoms with Crippen molar-refractivity contribution in [2.75, 3.05) is 30.0 Å². The van der Waals surface area contributed by atoms with Crippen molar-refractivity contribution in [1.82, 2.24) is 4.90 Å². The Kier molecular flexibility index (Phi) is 5.00. The minimum atomic E-state index is -0.714. The summed E-state index contributed by atoms with van der Waals surface area (Å²) in [5, 5.41) is 5.21. The summed E-state index contributed by atoms with van der Waals surface area (Å²) in [6, 6.07) is 9.12. The van der Waals surface area contributed by atoms with E-state index in [1.54, 1.807) is 12.1 Å². The molecule has 0 spiro atoms. The van der Waals surface area contributed by atoms with E-state index >= 15 is 0 Å². The lowest BCUT2D eigenvalue weighted by Gasteiger charge is -2.16. The summed E-state index contributed by atoms with van der Waals surface area (Å²) in [7, 11) is 1.38. The molecule has 0 saturated carbocycles. The van der Waals surface area contributed by atoms with Crippen molar-refractivity contribution in [3.63, 3.8) is 0 Å². The average Bonchev–Trinajstić information content (AvgIpc) is 2.95. The van der Waals surface area contributed by atoms with Gasteiger partial charge in [-0.05, 0) is 36.4 Å². The van der Waals surface area contributed by atoms with Crippen LogP contribution < -0.4 is 10.6 Å². The lowest BCUT2D eigenvalue weighted by Crippen LogP contribution is -2.24. The molecular weight excluding hydrogens is 410 g/mol. The first-order chi connectivity index (χ1) is 14.3. The summed E-state index contributed by atoms with van der Waals surface area (Å²) in [6.45, 7) is -0.541.